The third kappa shape index (κ3) is 1.78. The highest BCUT2D eigenvalue weighted by atomic mass is 31.2. The van der Waals surface area contributed by atoms with Crippen molar-refractivity contribution in [2.24, 2.45) is 0 Å². The highest BCUT2D eigenvalue weighted by molar-refractivity contribution is 7.55. The number of hydrogen-bond acceptors (Lipinski definition) is 4. The molecule has 0 aromatic heterocycles. The van der Waals surface area contributed by atoms with E-state index in [9.17, 15) is 4.57 Å². The van der Waals surface area contributed by atoms with Gasteiger partial charge in [0.1, 0.15) is 5.28 Å². The van der Waals surface area contributed by atoms with Crippen LogP contribution in [0.4, 0.5) is 0 Å². The molecule has 0 aromatic rings. The van der Waals surface area contributed by atoms with Crippen molar-refractivity contribution >= 4 is 7.60 Å². The van der Waals surface area contributed by atoms with Crippen molar-refractivity contribution in [3.63, 3.8) is 0 Å². The lowest BCUT2D eigenvalue weighted by molar-refractivity contribution is 0.141. The molecule has 0 N–H and O–H groups in total. The van der Waals surface area contributed by atoms with Crippen LogP contribution in [0.25, 0.3) is 0 Å². The Labute approximate surface area is 91.5 Å². The highest BCUT2D eigenvalue weighted by Crippen LogP contribution is 2.67. The second kappa shape index (κ2) is 4.17. The van der Waals surface area contributed by atoms with Gasteiger partial charge in [0.05, 0.1) is 13.2 Å². The second-order valence-electron chi connectivity index (χ2n) is 4.60. The first-order valence-electron chi connectivity index (χ1n) is 5.67. The molecule has 0 amide bonds. The molecule has 2 aliphatic rings. The van der Waals surface area contributed by atoms with Gasteiger partial charge in [0.25, 0.3) is 0 Å². The molecule has 0 atom stereocenters. The summed E-state index contributed by atoms with van der Waals surface area (Å²) in [6.07, 6.45) is 5.33. The number of rotatable bonds is 2. The molecule has 5 heteroatoms. The van der Waals surface area contributed by atoms with Crippen molar-refractivity contribution in [1.29, 1.82) is 0 Å². The monoisotopic (exact) mass is 233 g/mol. The van der Waals surface area contributed by atoms with Crippen LogP contribution in [0.3, 0.4) is 0 Å². The van der Waals surface area contributed by atoms with Gasteiger partial charge in [-0.15, -0.1) is 0 Å². The Morgan fingerprint density at radius 2 is 1.60 bits per heavy atom. The van der Waals surface area contributed by atoms with E-state index in [1.54, 1.807) is 0 Å². The Morgan fingerprint density at radius 1 is 1.07 bits per heavy atom. The lowest BCUT2D eigenvalue weighted by Gasteiger charge is -2.44. The van der Waals surface area contributed by atoms with E-state index >= 15 is 0 Å². The Bertz CT molecular complexity index is 264. The number of hydrogen-bond donors (Lipinski definition) is 0. The molecule has 2 rings (SSSR count). The van der Waals surface area contributed by atoms with Crippen LogP contribution >= 0.6 is 7.60 Å². The molecular formula is C10H20NO3P. The normalized spacial score (nSPS) is 29.5. The lowest BCUT2D eigenvalue weighted by atomic mass is 9.94. The summed E-state index contributed by atoms with van der Waals surface area (Å²) in [6.45, 7) is 0.958. The molecular weight excluding hydrogens is 213 g/mol. The minimum Gasteiger partial charge on any atom is -0.305 e. The molecule has 0 aromatic carbocycles. The van der Waals surface area contributed by atoms with E-state index in [4.69, 9.17) is 9.05 Å². The van der Waals surface area contributed by atoms with Crippen LogP contribution in [0.15, 0.2) is 0 Å². The first-order valence-corrected chi connectivity index (χ1v) is 7.22. The van der Waals surface area contributed by atoms with Crippen molar-refractivity contribution in [3.05, 3.63) is 0 Å². The van der Waals surface area contributed by atoms with Crippen molar-refractivity contribution < 1.29 is 13.6 Å². The fourth-order valence-corrected chi connectivity index (χ4v) is 5.22. The SMILES string of the molecule is CN(C)C1(P2(=O)OCCO2)CCCCC1. The minimum atomic E-state index is -2.91. The van der Waals surface area contributed by atoms with Crippen molar-refractivity contribution in [3.8, 4) is 0 Å². The van der Waals surface area contributed by atoms with E-state index in [1.807, 2.05) is 14.1 Å². The first-order chi connectivity index (χ1) is 7.11. The molecule has 1 saturated carbocycles. The van der Waals surface area contributed by atoms with Gasteiger partial charge in [-0.1, -0.05) is 19.3 Å². The predicted molar refractivity (Wildman–Crippen MR) is 59.0 cm³/mol. The van der Waals surface area contributed by atoms with Gasteiger partial charge in [0.2, 0.25) is 0 Å². The van der Waals surface area contributed by atoms with Gasteiger partial charge in [0.15, 0.2) is 0 Å². The maximum atomic E-state index is 12.6. The zero-order valence-electron chi connectivity index (χ0n) is 9.57. The van der Waals surface area contributed by atoms with Crippen LogP contribution in [0, 0.1) is 0 Å². The standard InChI is InChI=1S/C10H20NO3P/c1-11(2)10(6-4-3-5-7-10)15(12)13-8-9-14-15/h3-9H2,1-2H3. The number of nitrogens with zero attached hydrogens (tertiary/aromatic N) is 1. The molecule has 1 saturated heterocycles. The molecule has 1 aliphatic heterocycles. The average Bonchev–Trinajstić information content (AvgIpc) is 2.67. The van der Waals surface area contributed by atoms with Crippen molar-refractivity contribution in [2.75, 3.05) is 27.3 Å². The van der Waals surface area contributed by atoms with Crippen LogP contribution in [0.2, 0.25) is 0 Å². The van der Waals surface area contributed by atoms with E-state index in [0.717, 1.165) is 25.7 Å². The third-order valence-corrected chi connectivity index (χ3v) is 6.51. The molecule has 0 unspecified atom stereocenters. The second-order valence-corrected chi connectivity index (χ2v) is 6.95. The fourth-order valence-electron chi connectivity index (χ4n) is 2.68. The van der Waals surface area contributed by atoms with E-state index in [2.05, 4.69) is 4.90 Å². The Morgan fingerprint density at radius 3 is 2.07 bits per heavy atom. The summed E-state index contributed by atoms with van der Waals surface area (Å²) in [5.74, 6) is 0. The van der Waals surface area contributed by atoms with E-state index in [-0.39, 0.29) is 5.28 Å². The van der Waals surface area contributed by atoms with Crippen LogP contribution in [-0.4, -0.2) is 37.5 Å². The summed E-state index contributed by atoms with van der Waals surface area (Å²) in [7, 11) is 1.06. The zero-order valence-corrected chi connectivity index (χ0v) is 10.5. The molecule has 2 fully saturated rings. The van der Waals surface area contributed by atoms with Crippen LogP contribution in [0.1, 0.15) is 32.1 Å². The van der Waals surface area contributed by atoms with Gasteiger partial charge < -0.3 is 9.05 Å². The summed E-state index contributed by atoms with van der Waals surface area (Å²) in [5.41, 5.74) is 0. The largest absolute Gasteiger partial charge is 0.350 e. The van der Waals surface area contributed by atoms with Crippen LogP contribution in [0.5, 0.6) is 0 Å². The molecule has 88 valence electrons. The van der Waals surface area contributed by atoms with Gasteiger partial charge in [0, 0.05) is 0 Å². The Balaban J connectivity index is 2.28. The van der Waals surface area contributed by atoms with Crippen molar-refractivity contribution in [1.82, 2.24) is 4.90 Å². The van der Waals surface area contributed by atoms with Gasteiger partial charge >= 0.3 is 7.60 Å². The molecule has 0 spiro atoms. The molecule has 4 nitrogen and oxygen atoms in total. The van der Waals surface area contributed by atoms with Crippen molar-refractivity contribution in [2.45, 2.75) is 37.4 Å². The molecule has 0 radical (unpaired) electrons. The van der Waals surface area contributed by atoms with E-state index in [1.165, 1.54) is 6.42 Å². The molecule has 1 heterocycles. The summed E-state index contributed by atoms with van der Waals surface area (Å²) >= 11 is 0. The van der Waals surface area contributed by atoms with Gasteiger partial charge in [-0.3, -0.25) is 9.46 Å². The predicted octanol–water partition coefficient (Wildman–Crippen LogP) is 2.45. The van der Waals surface area contributed by atoms with Gasteiger partial charge in [-0.05, 0) is 26.9 Å². The molecule has 0 bridgehead atoms. The van der Waals surface area contributed by atoms with Gasteiger partial charge in [-0.2, -0.15) is 0 Å². The summed E-state index contributed by atoms with van der Waals surface area (Å²) in [6, 6.07) is 0. The smallest absolute Gasteiger partial charge is 0.305 e. The maximum Gasteiger partial charge on any atom is 0.350 e. The quantitative estimate of drug-likeness (QED) is 0.687. The lowest BCUT2D eigenvalue weighted by Crippen LogP contribution is -2.45. The average molecular weight is 233 g/mol. The Hall–Kier alpha value is 0.110. The van der Waals surface area contributed by atoms with E-state index < -0.39 is 7.60 Å². The van der Waals surface area contributed by atoms with Crippen LogP contribution in [-0.2, 0) is 13.6 Å². The summed E-state index contributed by atoms with van der Waals surface area (Å²) < 4.78 is 23.5. The first kappa shape index (κ1) is 11.6. The zero-order chi connectivity index (χ0) is 10.9. The maximum absolute atomic E-state index is 12.6. The van der Waals surface area contributed by atoms with E-state index in [0.29, 0.717) is 13.2 Å². The molecule has 15 heavy (non-hydrogen) atoms. The third-order valence-electron chi connectivity index (χ3n) is 3.60. The highest BCUT2D eigenvalue weighted by Gasteiger charge is 2.54. The summed E-state index contributed by atoms with van der Waals surface area (Å²) in [4.78, 5) is 2.05. The molecule has 1 aliphatic carbocycles. The topological polar surface area (TPSA) is 38.8 Å². The van der Waals surface area contributed by atoms with Crippen LogP contribution < -0.4 is 0 Å². The minimum absolute atomic E-state index is 0.359. The van der Waals surface area contributed by atoms with Gasteiger partial charge in [-0.25, -0.2) is 0 Å². The summed E-state index contributed by atoms with van der Waals surface area (Å²) in [5, 5.41) is -0.359. The fraction of sp³-hybridized carbons (Fsp3) is 1.00. The Kier molecular flexibility index (Phi) is 3.22.